The third-order valence-electron chi connectivity index (χ3n) is 3.30. The number of carbonyl (C=O) groups is 1. The average molecular weight is 286 g/mol. The summed E-state index contributed by atoms with van der Waals surface area (Å²) in [5, 5.41) is 4.05. The molecule has 1 aromatic rings. The molecular formula is C11H18N4O3S. The molecule has 7 nitrogen and oxygen atoms in total. The fraction of sp³-hybridized carbons (Fsp3) is 0.636. The lowest BCUT2D eigenvalue weighted by Gasteiger charge is -2.34. The van der Waals surface area contributed by atoms with Gasteiger partial charge in [-0.2, -0.15) is 9.40 Å². The Balaban J connectivity index is 1.96. The van der Waals surface area contributed by atoms with E-state index in [1.165, 1.54) is 10.6 Å². The second-order valence-corrected chi connectivity index (χ2v) is 6.63. The van der Waals surface area contributed by atoms with Crippen molar-refractivity contribution in [2.75, 3.05) is 32.4 Å². The van der Waals surface area contributed by atoms with E-state index in [2.05, 4.69) is 5.10 Å². The molecule has 8 heteroatoms. The number of nitrogens with zero attached hydrogens (tertiary/aromatic N) is 4. The number of hydrogen-bond acceptors (Lipinski definition) is 4. The summed E-state index contributed by atoms with van der Waals surface area (Å²) in [5.74, 6) is -0.0307. The lowest BCUT2D eigenvalue weighted by atomic mass is 10.2. The number of piperazine rings is 1. The van der Waals surface area contributed by atoms with Crippen LogP contribution in [0.1, 0.15) is 13.0 Å². The maximum atomic E-state index is 12.2. The van der Waals surface area contributed by atoms with Crippen molar-refractivity contribution >= 4 is 15.9 Å². The van der Waals surface area contributed by atoms with Crippen molar-refractivity contribution in [3.63, 3.8) is 0 Å². The molecule has 1 amide bonds. The van der Waals surface area contributed by atoms with Crippen molar-refractivity contribution in [3.05, 3.63) is 18.5 Å². The van der Waals surface area contributed by atoms with Gasteiger partial charge in [0, 0.05) is 38.6 Å². The number of rotatable bonds is 3. The number of sulfonamides is 1. The highest BCUT2D eigenvalue weighted by Gasteiger charge is 2.28. The molecule has 106 valence electrons. The van der Waals surface area contributed by atoms with Crippen LogP contribution in [-0.2, 0) is 14.8 Å². The van der Waals surface area contributed by atoms with Gasteiger partial charge in [-0.05, 0) is 13.0 Å². The largest absolute Gasteiger partial charge is 0.338 e. The number of amides is 1. The smallest absolute Gasteiger partial charge is 0.247 e. The van der Waals surface area contributed by atoms with Crippen LogP contribution < -0.4 is 0 Å². The van der Waals surface area contributed by atoms with Crippen LogP contribution in [0.3, 0.4) is 0 Å². The molecule has 0 bridgehead atoms. The molecular weight excluding hydrogens is 268 g/mol. The van der Waals surface area contributed by atoms with E-state index in [1.54, 1.807) is 35.0 Å². The quantitative estimate of drug-likeness (QED) is 0.754. The standard InChI is InChI=1S/C11H18N4O3S/c1-10(15-5-3-4-12-15)11(16)13-6-8-14(9-7-13)19(2,17)18/h3-5,10H,6-9H2,1-2H3. The van der Waals surface area contributed by atoms with E-state index >= 15 is 0 Å². The van der Waals surface area contributed by atoms with Crippen LogP contribution in [0.5, 0.6) is 0 Å². The van der Waals surface area contributed by atoms with Gasteiger partial charge in [-0.3, -0.25) is 9.48 Å². The Bertz CT molecular complexity index is 532. The van der Waals surface area contributed by atoms with E-state index in [-0.39, 0.29) is 11.9 Å². The van der Waals surface area contributed by atoms with E-state index in [0.717, 1.165) is 0 Å². The Morgan fingerprint density at radius 2 is 1.89 bits per heavy atom. The third kappa shape index (κ3) is 3.13. The van der Waals surface area contributed by atoms with Gasteiger partial charge in [-0.1, -0.05) is 0 Å². The Morgan fingerprint density at radius 3 is 2.37 bits per heavy atom. The summed E-state index contributed by atoms with van der Waals surface area (Å²) < 4.78 is 25.8. The Labute approximate surface area is 112 Å². The maximum absolute atomic E-state index is 12.2. The second-order valence-electron chi connectivity index (χ2n) is 4.65. The van der Waals surface area contributed by atoms with Gasteiger partial charge in [0.15, 0.2) is 0 Å². The topological polar surface area (TPSA) is 75.5 Å². The molecule has 0 N–H and O–H groups in total. The Kier molecular flexibility index (Phi) is 3.91. The first kappa shape index (κ1) is 14.0. The van der Waals surface area contributed by atoms with Crippen molar-refractivity contribution in [2.24, 2.45) is 0 Å². The molecule has 0 saturated carbocycles. The highest BCUT2D eigenvalue weighted by atomic mass is 32.2. The van der Waals surface area contributed by atoms with Crippen LogP contribution >= 0.6 is 0 Å². The summed E-state index contributed by atoms with van der Waals surface area (Å²) in [4.78, 5) is 13.9. The summed E-state index contributed by atoms with van der Waals surface area (Å²) in [6, 6.07) is 1.41. The number of aromatic nitrogens is 2. The minimum atomic E-state index is -3.16. The minimum absolute atomic E-state index is 0.0307. The Hall–Kier alpha value is -1.41. The van der Waals surface area contributed by atoms with Gasteiger partial charge < -0.3 is 4.90 Å². The van der Waals surface area contributed by atoms with Crippen molar-refractivity contribution in [1.82, 2.24) is 19.0 Å². The van der Waals surface area contributed by atoms with Gasteiger partial charge in [0.2, 0.25) is 15.9 Å². The van der Waals surface area contributed by atoms with Crippen LogP contribution in [0.15, 0.2) is 18.5 Å². The van der Waals surface area contributed by atoms with Gasteiger partial charge in [-0.25, -0.2) is 8.42 Å². The Morgan fingerprint density at radius 1 is 1.26 bits per heavy atom. The SMILES string of the molecule is CC(C(=O)N1CCN(S(C)(=O)=O)CC1)n1cccn1. The monoisotopic (exact) mass is 286 g/mol. The van der Waals surface area contributed by atoms with Gasteiger partial charge in [0.25, 0.3) is 0 Å². The van der Waals surface area contributed by atoms with Crippen LogP contribution in [0.4, 0.5) is 0 Å². The minimum Gasteiger partial charge on any atom is -0.338 e. The molecule has 1 saturated heterocycles. The van der Waals surface area contributed by atoms with Crippen molar-refractivity contribution in [2.45, 2.75) is 13.0 Å². The summed E-state index contributed by atoms with van der Waals surface area (Å²) in [7, 11) is -3.16. The predicted octanol–water partition coefficient (Wildman–Crippen LogP) is -0.452. The molecule has 19 heavy (non-hydrogen) atoms. The summed E-state index contributed by atoms with van der Waals surface area (Å²) >= 11 is 0. The van der Waals surface area contributed by atoms with Crippen molar-refractivity contribution in [3.8, 4) is 0 Å². The lowest BCUT2D eigenvalue weighted by molar-refractivity contribution is -0.135. The normalized spacial score (nSPS) is 19.4. The van der Waals surface area contributed by atoms with Crippen molar-refractivity contribution < 1.29 is 13.2 Å². The van der Waals surface area contributed by atoms with Crippen LogP contribution in [-0.4, -0.2) is 65.7 Å². The molecule has 0 spiro atoms. The number of carbonyl (C=O) groups excluding carboxylic acids is 1. The van der Waals surface area contributed by atoms with E-state index in [1.807, 2.05) is 0 Å². The third-order valence-corrected chi connectivity index (χ3v) is 4.60. The molecule has 1 aromatic heterocycles. The molecule has 0 radical (unpaired) electrons. The van der Waals surface area contributed by atoms with Gasteiger partial charge in [0.05, 0.1) is 6.26 Å². The molecule has 0 aliphatic carbocycles. The zero-order valence-electron chi connectivity index (χ0n) is 11.1. The molecule has 1 aliphatic rings. The average Bonchev–Trinajstić information content (AvgIpc) is 2.90. The second kappa shape index (κ2) is 5.30. The first-order valence-electron chi connectivity index (χ1n) is 6.12. The molecule has 1 unspecified atom stereocenters. The van der Waals surface area contributed by atoms with Crippen LogP contribution in [0.2, 0.25) is 0 Å². The molecule has 2 rings (SSSR count). The first-order chi connectivity index (χ1) is 8.89. The van der Waals surface area contributed by atoms with E-state index < -0.39 is 10.0 Å². The van der Waals surface area contributed by atoms with Gasteiger partial charge in [0.1, 0.15) is 6.04 Å². The van der Waals surface area contributed by atoms with Gasteiger partial charge in [-0.15, -0.1) is 0 Å². The molecule has 0 aromatic carbocycles. The lowest BCUT2D eigenvalue weighted by Crippen LogP contribution is -2.51. The zero-order chi connectivity index (χ0) is 14.0. The highest BCUT2D eigenvalue weighted by Crippen LogP contribution is 2.12. The zero-order valence-corrected chi connectivity index (χ0v) is 11.9. The first-order valence-corrected chi connectivity index (χ1v) is 7.97. The van der Waals surface area contributed by atoms with Gasteiger partial charge >= 0.3 is 0 Å². The predicted molar refractivity (Wildman–Crippen MR) is 69.9 cm³/mol. The summed E-state index contributed by atoms with van der Waals surface area (Å²) in [6.45, 7) is 3.36. The highest BCUT2D eigenvalue weighted by molar-refractivity contribution is 7.88. The molecule has 1 fully saturated rings. The summed E-state index contributed by atoms with van der Waals surface area (Å²) in [6.07, 6.45) is 4.57. The molecule has 2 heterocycles. The maximum Gasteiger partial charge on any atom is 0.247 e. The van der Waals surface area contributed by atoms with E-state index in [9.17, 15) is 13.2 Å². The fourth-order valence-electron chi connectivity index (χ4n) is 2.13. The van der Waals surface area contributed by atoms with Crippen molar-refractivity contribution in [1.29, 1.82) is 0 Å². The number of hydrogen-bond donors (Lipinski definition) is 0. The van der Waals surface area contributed by atoms with E-state index in [0.29, 0.717) is 26.2 Å². The molecule has 1 aliphatic heterocycles. The molecule has 1 atom stereocenters. The fourth-order valence-corrected chi connectivity index (χ4v) is 2.95. The summed E-state index contributed by atoms with van der Waals surface area (Å²) in [5.41, 5.74) is 0. The van der Waals surface area contributed by atoms with Crippen LogP contribution in [0.25, 0.3) is 0 Å². The van der Waals surface area contributed by atoms with Crippen LogP contribution in [0, 0.1) is 0 Å². The van der Waals surface area contributed by atoms with E-state index in [4.69, 9.17) is 0 Å².